The average Bonchev–Trinajstić information content (AvgIpc) is 3.84. The number of ether oxygens (including phenoxy) is 2. The Bertz CT molecular complexity index is 3000. The molecule has 3 saturated heterocycles. The Balaban J connectivity index is 0.747. The van der Waals surface area contributed by atoms with Crippen molar-refractivity contribution in [1.29, 1.82) is 0 Å². The molecule has 5 heterocycles. The molecule has 20 heteroatoms. The molecule has 0 bridgehead atoms. The lowest BCUT2D eigenvalue weighted by molar-refractivity contribution is -0.143. The number of aryl methyl sites for hydroxylation is 1. The summed E-state index contributed by atoms with van der Waals surface area (Å²) in [7, 11) is 1.55. The van der Waals surface area contributed by atoms with E-state index < -0.39 is 70.9 Å². The first-order valence-electron chi connectivity index (χ1n) is 24.9. The van der Waals surface area contributed by atoms with Crippen molar-refractivity contribution in [3.05, 3.63) is 105 Å². The molecule has 5 aliphatic rings. The minimum atomic E-state index is -1.15. The standard InChI is InChI=1S/C53H56ClF5N8O6/c1-28-41-39(23-37(57)45(54)44(41)43-34(49(60)69)12-13-38(46(43)58)72-21-17-55)73-53(28,32-6-4-3-5-7-32)27-61-33-10-8-31(9-11-33)51(70)66-25-29(26-66)24-65-18-14-30(15-19-65)42-36(56)22-35-48(47(42)59)64(2)63-50(35)67-20-16-40(68)62-52(67)71/h3-7,12-13,22-23,28-31,33,61H,8-11,14-21,24-27H2,1-2H3,(H2,60,69)(H,62,68,71). The molecule has 1 aliphatic carbocycles. The van der Waals surface area contributed by atoms with Gasteiger partial charge in [-0.3, -0.25) is 29.3 Å². The van der Waals surface area contributed by atoms with Gasteiger partial charge in [-0.2, -0.15) is 5.10 Å². The summed E-state index contributed by atoms with van der Waals surface area (Å²) < 4.78 is 90.7. The van der Waals surface area contributed by atoms with E-state index in [1.807, 2.05) is 42.2 Å². The molecule has 386 valence electrons. The van der Waals surface area contributed by atoms with Gasteiger partial charge in [0.15, 0.2) is 28.8 Å². The third kappa shape index (κ3) is 9.15. The molecule has 14 nitrogen and oxygen atoms in total. The van der Waals surface area contributed by atoms with Crippen molar-refractivity contribution in [3.8, 4) is 22.6 Å². The fraction of sp³-hybridized carbons (Fsp3) is 0.453. The van der Waals surface area contributed by atoms with Gasteiger partial charge in [0.1, 0.15) is 36.2 Å². The Labute approximate surface area is 423 Å². The number of nitrogens with two attached hydrogens (primary N) is 1. The van der Waals surface area contributed by atoms with Gasteiger partial charge in [-0.1, -0.05) is 48.9 Å². The summed E-state index contributed by atoms with van der Waals surface area (Å²) in [6.07, 6.45) is 3.94. The van der Waals surface area contributed by atoms with E-state index in [1.54, 1.807) is 7.05 Å². The zero-order chi connectivity index (χ0) is 51.5. The van der Waals surface area contributed by atoms with Crippen molar-refractivity contribution >= 4 is 52.1 Å². The zero-order valence-corrected chi connectivity index (χ0v) is 41.2. The van der Waals surface area contributed by atoms with Crippen LogP contribution < -0.4 is 30.7 Å². The number of hydrogen-bond donors (Lipinski definition) is 3. The summed E-state index contributed by atoms with van der Waals surface area (Å²) in [4.78, 5) is 56.2. The van der Waals surface area contributed by atoms with Crippen molar-refractivity contribution in [2.75, 3.05) is 64.0 Å². The largest absolute Gasteiger partial charge is 0.488 e. The van der Waals surface area contributed by atoms with E-state index in [0.717, 1.165) is 18.2 Å². The van der Waals surface area contributed by atoms with Crippen molar-refractivity contribution in [2.24, 2.45) is 24.6 Å². The summed E-state index contributed by atoms with van der Waals surface area (Å²) in [6.45, 7) is 4.19. The molecule has 4 fully saturated rings. The number of anilines is 1. The first kappa shape index (κ1) is 50.2. The zero-order valence-electron chi connectivity index (χ0n) is 40.4. The molecular formula is C53H56ClF5N8O6. The number of amides is 5. The van der Waals surface area contributed by atoms with Gasteiger partial charge in [0.25, 0.3) is 0 Å². The predicted octanol–water partition coefficient (Wildman–Crippen LogP) is 8.22. The van der Waals surface area contributed by atoms with Gasteiger partial charge in [-0.05, 0) is 81.3 Å². The Kier molecular flexibility index (Phi) is 13.9. The third-order valence-electron chi connectivity index (χ3n) is 15.7. The Morgan fingerprint density at radius 3 is 2.34 bits per heavy atom. The van der Waals surface area contributed by atoms with Crippen LogP contribution in [0.4, 0.5) is 32.6 Å². The highest BCUT2D eigenvalue weighted by atomic mass is 35.5. The highest BCUT2D eigenvalue weighted by Gasteiger charge is 2.50. The second kappa shape index (κ2) is 20.2. The van der Waals surface area contributed by atoms with Crippen LogP contribution in [0.1, 0.15) is 90.8 Å². The number of nitrogens with zero attached hydrogens (tertiary/aromatic N) is 5. The van der Waals surface area contributed by atoms with Crippen LogP contribution in [0.5, 0.6) is 11.5 Å². The number of rotatable bonds is 14. The average molecular weight is 1030 g/mol. The molecule has 10 rings (SSSR count). The third-order valence-corrected chi connectivity index (χ3v) is 16.1. The highest BCUT2D eigenvalue weighted by molar-refractivity contribution is 6.34. The minimum absolute atomic E-state index is 0.0144. The maximum Gasteiger partial charge on any atom is 0.329 e. The van der Waals surface area contributed by atoms with Crippen LogP contribution in [0.25, 0.3) is 22.0 Å². The number of piperidine rings is 1. The number of carbonyl (C=O) groups excluding carboxylic acids is 4. The normalized spacial score (nSPS) is 22.8. The van der Waals surface area contributed by atoms with Gasteiger partial charge in [-0.15, -0.1) is 0 Å². The summed E-state index contributed by atoms with van der Waals surface area (Å²) in [6, 6.07) is 13.5. The lowest BCUT2D eigenvalue weighted by Crippen LogP contribution is -2.56. The number of urea groups is 1. The molecule has 73 heavy (non-hydrogen) atoms. The number of carbonyl (C=O) groups is 4. The van der Waals surface area contributed by atoms with Gasteiger partial charge in [0.2, 0.25) is 17.7 Å². The number of imide groups is 1. The second-order valence-corrected chi connectivity index (χ2v) is 20.4. The van der Waals surface area contributed by atoms with Crippen LogP contribution in [0.2, 0.25) is 5.02 Å². The van der Waals surface area contributed by atoms with Crippen LogP contribution in [0.15, 0.2) is 54.6 Å². The molecule has 2 unspecified atom stereocenters. The van der Waals surface area contributed by atoms with Gasteiger partial charge in [-0.25, -0.2) is 26.7 Å². The molecule has 4 aromatic carbocycles. The minimum Gasteiger partial charge on any atom is -0.488 e. The maximum absolute atomic E-state index is 16.4. The number of benzene rings is 4. The van der Waals surface area contributed by atoms with E-state index in [0.29, 0.717) is 70.3 Å². The topological polar surface area (TPSA) is 164 Å². The number of hydrogen-bond acceptors (Lipinski definition) is 9. The smallest absolute Gasteiger partial charge is 0.329 e. The van der Waals surface area contributed by atoms with Crippen molar-refractivity contribution in [1.82, 2.24) is 30.2 Å². The highest BCUT2D eigenvalue weighted by Crippen LogP contribution is 2.56. The predicted molar refractivity (Wildman–Crippen MR) is 262 cm³/mol. The lowest BCUT2D eigenvalue weighted by Gasteiger charge is -2.45. The molecule has 0 radical (unpaired) electrons. The van der Waals surface area contributed by atoms with E-state index in [-0.39, 0.29) is 99.7 Å². The molecule has 2 atom stereocenters. The number of halogens is 6. The molecule has 4 aliphatic heterocycles. The molecule has 0 spiro atoms. The van der Waals surface area contributed by atoms with Crippen molar-refractivity contribution in [3.63, 3.8) is 0 Å². The Hall–Kier alpha value is -6.31. The second-order valence-electron chi connectivity index (χ2n) is 20.0. The van der Waals surface area contributed by atoms with Gasteiger partial charge in [0.05, 0.1) is 16.0 Å². The van der Waals surface area contributed by atoms with Gasteiger partial charge in [0, 0.05) is 98.3 Å². The number of aromatic nitrogens is 2. The van der Waals surface area contributed by atoms with E-state index >= 15 is 17.6 Å². The van der Waals surface area contributed by atoms with Crippen LogP contribution in [0, 0.1) is 35.1 Å². The van der Waals surface area contributed by atoms with Crippen molar-refractivity contribution in [2.45, 2.75) is 75.3 Å². The van der Waals surface area contributed by atoms with Crippen LogP contribution >= 0.6 is 11.6 Å². The molecule has 1 aromatic heterocycles. The number of likely N-dealkylation sites (tertiary alicyclic amines) is 2. The number of alkyl halides is 1. The molecule has 1 saturated carbocycles. The number of primary amides is 1. The molecule has 5 aromatic rings. The van der Waals surface area contributed by atoms with Crippen LogP contribution in [-0.2, 0) is 22.2 Å². The summed E-state index contributed by atoms with van der Waals surface area (Å²) in [5.41, 5.74) is 5.08. The van der Waals surface area contributed by atoms with E-state index in [9.17, 15) is 23.6 Å². The summed E-state index contributed by atoms with van der Waals surface area (Å²) in [5, 5.41) is 9.98. The first-order valence-corrected chi connectivity index (χ1v) is 25.2. The van der Waals surface area contributed by atoms with Crippen LogP contribution in [-0.4, -0.2) is 108 Å². The lowest BCUT2D eigenvalue weighted by atomic mass is 9.77. The molecular weight excluding hydrogens is 975 g/mol. The monoisotopic (exact) mass is 1030 g/mol. The number of fused-ring (bicyclic) bond motifs is 2. The Morgan fingerprint density at radius 2 is 1.66 bits per heavy atom. The quantitative estimate of drug-likeness (QED) is 0.0931. The number of nitrogens with one attached hydrogen (secondary N) is 2. The summed E-state index contributed by atoms with van der Waals surface area (Å²) in [5.74, 6) is -5.54. The molecule has 5 amide bonds. The molecule has 4 N–H and O–H groups in total. The van der Waals surface area contributed by atoms with E-state index in [1.165, 1.54) is 27.8 Å². The van der Waals surface area contributed by atoms with Gasteiger partial charge < -0.3 is 30.3 Å². The fourth-order valence-electron chi connectivity index (χ4n) is 11.9. The maximum atomic E-state index is 16.4. The van der Waals surface area contributed by atoms with Crippen molar-refractivity contribution < 1.29 is 50.6 Å². The first-order chi connectivity index (χ1) is 35.1. The van der Waals surface area contributed by atoms with E-state index in [2.05, 4.69) is 20.6 Å². The SMILES string of the molecule is CC1c2c(cc(F)c(Cl)c2-c2c(C(N)=O)ccc(OCCF)c2F)OC1(CNC1CCC(C(=O)N2CC(CN3CCC(c4c(F)cc5c(N6CCC(=O)NC6=O)nn(C)c5c4F)CC3)C2)CC1)c1ccccc1. The van der Waals surface area contributed by atoms with Gasteiger partial charge >= 0.3 is 6.03 Å². The summed E-state index contributed by atoms with van der Waals surface area (Å²) >= 11 is 6.68. The fourth-order valence-corrected chi connectivity index (χ4v) is 12.2. The Morgan fingerprint density at radius 1 is 0.932 bits per heavy atom. The van der Waals surface area contributed by atoms with E-state index in [4.69, 9.17) is 26.8 Å². The van der Waals surface area contributed by atoms with Crippen LogP contribution in [0.3, 0.4) is 0 Å².